The largest absolute Gasteiger partial charge is 0.456 e. The van der Waals surface area contributed by atoms with E-state index in [1.165, 1.54) is 18.6 Å². The Labute approximate surface area is 185 Å². The quantitative estimate of drug-likeness (QED) is 0.603. The average Bonchev–Trinajstić information content (AvgIpc) is 2.81. The van der Waals surface area contributed by atoms with E-state index in [1.54, 1.807) is 36.1 Å². The Morgan fingerprint density at radius 1 is 1.12 bits per heavy atom. The fourth-order valence-electron chi connectivity index (χ4n) is 3.76. The molecule has 166 valence electrons. The van der Waals surface area contributed by atoms with Gasteiger partial charge in [0.2, 0.25) is 5.91 Å². The first kappa shape index (κ1) is 21.8. The van der Waals surface area contributed by atoms with Crippen LogP contribution in [0.3, 0.4) is 0 Å². The highest BCUT2D eigenvalue weighted by molar-refractivity contribution is 5.93. The number of likely N-dealkylation sites (tertiary alicyclic amines) is 1. The molecule has 1 aromatic carbocycles. The van der Waals surface area contributed by atoms with Gasteiger partial charge >= 0.3 is 0 Å². The summed E-state index contributed by atoms with van der Waals surface area (Å²) in [4.78, 5) is 22.7. The minimum atomic E-state index is -2.83. The fraction of sp³-hybridized carbons (Fsp3) is 0.292. The van der Waals surface area contributed by atoms with E-state index in [2.05, 4.69) is 15.3 Å². The van der Waals surface area contributed by atoms with E-state index in [0.717, 1.165) is 0 Å². The summed E-state index contributed by atoms with van der Waals surface area (Å²) in [5.74, 6) is -2.51. The van der Waals surface area contributed by atoms with Crippen LogP contribution in [-0.4, -0.2) is 45.8 Å². The lowest BCUT2D eigenvalue weighted by atomic mass is 9.87. The van der Waals surface area contributed by atoms with Gasteiger partial charge in [0.1, 0.15) is 17.3 Å². The van der Waals surface area contributed by atoms with E-state index in [4.69, 9.17) is 4.74 Å². The lowest BCUT2D eigenvalue weighted by molar-refractivity contribution is -0.125. The maximum atomic E-state index is 14.6. The number of rotatable bonds is 6. The second kappa shape index (κ2) is 9.40. The van der Waals surface area contributed by atoms with Crippen molar-refractivity contribution in [3.63, 3.8) is 0 Å². The van der Waals surface area contributed by atoms with Crippen LogP contribution < -0.4 is 10.1 Å². The van der Waals surface area contributed by atoms with Crippen LogP contribution in [0.4, 0.5) is 14.6 Å². The van der Waals surface area contributed by atoms with Crippen LogP contribution in [0.5, 0.6) is 11.5 Å². The molecule has 1 saturated heterocycles. The van der Waals surface area contributed by atoms with Crippen molar-refractivity contribution in [2.75, 3.05) is 18.4 Å². The van der Waals surface area contributed by atoms with E-state index in [1.807, 2.05) is 30.3 Å². The molecule has 1 aliphatic rings. The molecule has 3 heterocycles. The first-order valence-electron chi connectivity index (χ1n) is 10.4. The molecule has 0 bridgehead atoms. The van der Waals surface area contributed by atoms with Crippen LogP contribution in [0, 0.1) is 0 Å². The number of amides is 1. The molecule has 1 amide bonds. The van der Waals surface area contributed by atoms with E-state index in [9.17, 15) is 13.6 Å². The van der Waals surface area contributed by atoms with Crippen molar-refractivity contribution in [2.24, 2.45) is 0 Å². The molecule has 2 unspecified atom stereocenters. The van der Waals surface area contributed by atoms with Gasteiger partial charge in [-0.2, -0.15) is 0 Å². The summed E-state index contributed by atoms with van der Waals surface area (Å²) in [6, 6.07) is 15.3. The van der Waals surface area contributed by atoms with Crippen molar-refractivity contribution in [3.05, 3.63) is 78.8 Å². The number of halogens is 2. The highest BCUT2D eigenvalue weighted by Gasteiger charge is 2.46. The summed E-state index contributed by atoms with van der Waals surface area (Å²) < 4.78 is 34.8. The number of nitrogens with zero attached hydrogens (tertiary/aromatic N) is 3. The molecule has 6 nitrogen and oxygen atoms in total. The van der Waals surface area contributed by atoms with Crippen molar-refractivity contribution in [3.8, 4) is 11.5 Å². The Balaban J connectivity index is 1.38. The van der Waals surface area contributed by atoms with Crippen LogP contribution in [0.1, 0.15) is 24.8 Å². The maximum Gasteiger partial charge on any atom is 0.257 e. The average molecular weight is 438 g/mol. The molecule has 0 spiro atoms. The second-order valence-corrected chi connectivity index (χ2v) is 7.80. The Kier molecular flexibility index (Phi) is 6.41. The minimum absolute atomic E-state index is 0.0862. The molecule has 0 aliphatic carbocycles. The second-order valence-electron chi connectivity index (χ2n) is 7.80. The van der Waals surface area contributed by atoms with E-state index in [0.29, 0.717) is 22.9 Å². The molecule has 1 N–H and O–H groups in total. The van der Waals surface area contributed by atoms with Crippen LogP contribution in [-0.2, 0) is 4.79 Å². The standard InChI is InChI=1S/C24H24F2N4O2/c1-17(30-14-11-24(25,26)21(16-30)18-9-12-27-13-10-18)23(31)29-22-8-7-20(15-28-22)32-19-5-3-2-4-6-19/h2-10,12-13,15,17,21H,11,14,16H2,1H3,(H,28,29,31). The van der Waals surface area contributed by atoms with Gasteiger partial charge in [0, 0.05) is 31.9 Å². The lowest BCUT2D eigenvalue weighted by Crippen LogP contribution is -2.52. The highest BCUT2D eigenvalue weighted by Crippen LogP contribution is 2.40. The zero-order chi connectivity index (χ0) is 22.6. The van der Waals surface area contributed by atoms with Gasteiger partial charge in [-0.15, -0.1) is 0 Å². The summed E-state index contributed by atoms with van der Waals surface area (Å²) in [5.41, 5.74) is 0.526. The Bertz CT molecular complexity index is 1030. The Morgan fingerprint density at radius 2 is 1.88 bits per heavy atom. The van der Waals surface area contributed by atoms with Crippen molar-refractivity contribution in [1.29, 1.82) is 0 Å². The molecule has 8 heteroatoms. The summed E-state index contributed by atoms with van der Waals surface area (Å²) in [5, 5.41) is 2.76. The third kappa shape index (κ3) is 5.08. The third-order valence-electron chi connectivity index (χ3n) is 5.66. The summed E-state index contributed by atoms with van der Waals surface area (Å²) in [7, 11) is 0. The number of ether oxygens (including phenoxy) is 1. The number of alkyl halides is 2. The SMILES string of the molecule is CC(C(=O)Nc1ccc(Oc2ccccc2)cn1)N1CCC(F)(F)C(c2ccncc2)C1. The van der Waals surface area contributed by atoms with Crippen molar-refractivity contribution in [1.82, 2.24) is 14.9 Å². The van der Waals surface area contributed by atoms with Crippen molar-refractivity contribution < 1.29 is 18.3 Å². The highest BCUT2D eigenvalue weighted by atomic mass is 19.3. The van der Waals surface area contributed by atoms with Gasteiger partial charge in [0.15, 0.2) is 0 Å². The van der Waals surface area contributed by atoms with Crippen molar-refractivity contribution >= 4 is 11.7 Å². The minimum Gasteiger partial charge on any atom is -0.456 e. The molecule has 1 fully saturated rings. The molecule has 32 heavy (non-hydrogen) atoms. The number of carbonyl (C=O) groups excluding carboxylic acids is 1. The number of nitrogens with one attached hydrogen (secondary N) is 1. The smallest absolute Gasteiger partial charge is 0.257 e. The van der Waals surface area contributed by atoms with E-state index in [-0.39, 0.29) is 25.4 Å². The normalized spacial score (nSPS) is 19.2. The number of aromatic nitrogens is 2. The summed E-state index contributed by atoms with van der Waals surface area (Å²) in [6.07, 6.45) is 4.24. The zero-order valence-corrected chi connectivity index (χ0v) is 17.6. The Morgan fingerprint density at radius 3 is 2.56 bits per heavy atom. The zero-order valence-electron chi connectivity index (χ0n) is 17.6. The number of carbonyl (C=O) groups is 1. The van der Waals surface area contributed by atoms with Crippen LogP contribution >= 0.6 is 0 Å². The first-order valence-corrected chi connectivity index (χ1v) is 10.4. The maximum absolute atomic E-state index is 14.6. The molecule has 2 atom stereocenters. The van der Waals surface area contributed by atoms with Gasteiger partial charge in [-0.05, 0) is 48.9 Å². The first-order chi connectivity index (χ1) is 15.4. The number of hydrogen-bond acceptors (Lipinski definition) is 5. The molecule has 3 aromatic rings. The molecule has 0 radical (unpaired) electrons. The number of benzene rings is 1. The van der Waals surface area contributed by atoms with Gasteiger partial charge in [0.25, 0.3) is 5.92 Å². The number of pyridine rings is 2. The molecule has 1 aliphatic heterocycles. The molecule has 4 rings (SSSR count). The number of para-hydroxylation sites is 1. The summed E-state index contributed by atoms with van der Waals surface area (Å²) in [6.45, 7) is 1.94. The predicted molar refractivity (Wildman–Crippen MR) is 117 cm³/mol. The topological polar surface area (TPSA) is 67.3 Å². The molecular weight excluding hydrogens is 414 g/mol. The van der Waals surface area contributed by atoms with Gasteiger partial charge < -0.3 is 10.1 Å². The Hall–Kier alpha value is -3.39. The number of piperidine rings is 1. The third-order valence-corrected chi connectivity index (χ3v) is 5.66. The van der Waals surface area contributed by atoms with E-state index < -0.39 is 17.9 Å². The molecule has 2 aromatic heterocycles. The summed E-state index contributed by atoms with van der Waals surface area (Å²) >= 11 is 0. The predicted octanol–water partition coefficient (Wildman–Crippen LogP) is 4.72. The fourth-order valence-corrected chi connectivity index (χ4v) is 3.76. The monoisotopic (exact) mass is 438 g/mol. The van der Waals surface area contributed by atoms with Crippen LogP contribution in [0.2, 0.25) is 0 Å². The lowest BCUT2D eigenvalue weighted by Gasteiger charge is -2.40. The van der Waals surface area contributed by atoms with Gasteiger partial charge in [-0.25, -0.2) is 13.8 Å². The molecular formula is C24H24F2N4O2. The van der Waals surface area contributed by atoms with E-state index >= 15 is 0 Å². The number of anilines is 1. The van der Waals surface area contributed by atoms with Gasteiger partial charge in [-0.1, -0.05) is 18.2 Å². The van der Waals surface area contributed by atoms with Crippen LogP contribution in [0.25, 0.3) is 0 Å². The van der Waals surface area contributed by atoms with Gasteiger partial charge in [0.05, 0.1) is 18.2 Å². The molecule has 0 saturated carbocycles. The van der Waals surface area contributed by atoms with Crippen molar-refractivity contribution in [2.45, 2.75) is 31.2 Å². The van der Waals surface area contributed by atoms with Gasteiger partial charge in [-0.3, -0.25) is 14.7 Å². The van der Waals surface area contributed by atoms with Crippen LogP contribution in [0.15, 0.2) is 73.2 Å². The number of hydrogen-bond donors (Lipinski definition) is 1.